The largest absolute Gasteiger partial charge is 0.451 e. The first kappa shape index (κ1) is 18.1. The molecular weight excluding hydrogens is 342 g/mol. The lowest BCUT2D eigenvalue weighted by molar-refractivity contribution is -0.150. The van der Waals surface area contributed by atoms with Crippen LogP contribution < -0.4 is 5.32 Å². The van der Waals surface area contributed by atoms with Crippen LogP contribution in [-0.4, -0.2) is 24.5 Å². The Balaban J connectivity index is 1.67. The first-order valence-electron chi connectivity index (χ1n) is 9.03. The zero-order valence-corrected chi connectivity index (χ0v) is 15.8. The van der Waals surface area contributed by atoms with E-state index in [1.165, 1.54) is 17.5 Å². The van der Waals surface area contributed by atoms with Gasteiger partial charge in [-0.1, -0.05) is 48.7 Å². The van der Waals surface area contributed by atoms with Crippen LogP contribution in [-0.2, 0) is 22.4 Å². The third kappa shape index (κ3) is 4.47. The number of ether oxygens (including phenoxy) is 1. The van der Waals surface area contributed by atoms with Crippen LogP contribution in [0, 0.1) is 5.92 Å². The molecule has 0 bridgehead atoms. The Labute approximate surface area is 153 Å². The topological polar surface area (TPSA) is 38.3 Å². The second-order valence-electron chi connectivity index (χ2n) is 6.72. The molecule has 1 aromatic carbocycles. The molecular formula is C19H26ClNO2S. The minimum atomic E-state index is -0.209. The number of fused-ring (bicyclic) bond motifs is 1. The quantitative estimate of drug-likeness (QED) is 0.480. The van der Waals surface area contributed by atoms with Gasteiger partial charge in [0, 0.05) is 4.90 Å². The smallest absolute Gasteiger partial charge is 0.310 e. The van der Waals surface area contributed by atoms with Gasteiger partial charge in [-0.05, 0) is 62.9 Å². The van der Waals surface area contributed by atoms with Gasteiger partial charge in [-0.15, -0.1) is 0 Å². The maximum Gasteiger partial charge on any atom is 0.310 e. The van der Waals surface area contributed by atoms with Gasteiger partial charge in [0.2, 0.25) is 0 Å². The van der Waals surface area contributed by atoms with Crippen molar-refractivity contribution in [2.75, 3.05) is 13.1 Å². The average molecular weight is 368 g/mol. The van der Waals surface area contributed by atoms with E-state index in [1.807, 2.05) is 13.0 Å². The standard InChI is InChI=1S/C19H26ClNO2S/c1-13(23-19(22)15-5-3-2-4-6-15)24-18-16-10-12-21-11-9-14(16)7-8-17(18)20/h7-8,13,15,21H,2-6,9-12H2,1H3. The van der Waals surface area contributed by atoms with Crippen molar-refractivity contribution in [3.8, 4) is 0 Å². The van der Waals surface area contributed by atoms with E-state index in [1.54, 1.807) is 11.8 Å². The molecule has 1 aliphatic heterocycles. The van der Waals surface area contributed by atoms with Gasteiger partial charge in [0.25, 0.3) is 0 Å². The number of halogens is 1. The summed E-state index contributed by atoms with van der Waals surface area (Å²) in [6.45, 7) is 3.93. The molecule has 0 radical (unpaired) electrons. The molecule has 3 rings (SSSR count). The number of carbonyl (C=O) groups excluding carboxylic acids is 1. The highest BCUT2D eigenvalue weighted by Gasteiger charge is 2.25. The predicted octanol–water partition coefficient (Wildman–Crippen LogP) is 4.59. The maximum absolute atomic E-state index is 12.3. The lowest BCUT2D eigenvalue weighted by Gasteiger charge is -2.23. The highest BCUT2D eigenvalue weighted by molar-refractivity contribution is 8.00. The number of rotatable bonds is 4. The van der Waals surface area contributed by atoms with E-state index in [2.05, 4.69) is 11.4 Å². The molecule has 1 N–H and O–H groups in total. The van der Waals surface area contributed by atoms with Gasteiger partial charge in [0.05, 0.1) is 10.9 Å². The minimum Gasteiger partial charge on any atom is -0.451 e. The van der Waals surface area contributed by atoms with Crippen LogP contribution in [0.3, 0.4) is 0 Å². The Morgan fingerprint density at radius 1 is 1.25 bits per heavy atom. The van der Waals surface area contributed by atoms with E-state index in [0.29, 0.717) is 0 Å². The summed E-state index contributed by atoms with van der Waals surface area (Å²) < 4.78 is 5.72. The third-order valence-electron chi connectivity index (χ3n) is 4.94. The molecule has 24 heavy (non-hydrogen) atoms. The van der Waals surface area contributed by atoms with Crippen LogP contribution in [0.15, 0.2) is 17.0 Å². The molecule has 1 heterocycles. The number of hydrogen-bond acceptors (Lipinski definition) is 4. The summed E-state index contributed by atoms with van der Waals surface area (Å²) in [6.07, 6.45) is 7.48. The third-order valence-corrected chi connectivity index (χ3v) is 6.49. The fourth-order valence-corrected chi connectivity index (χ4v) is 4.97. The molecule has 0 spiro atoms. The number of carbonyl (C=O) groups is 1. The lowest BCUT2D eigenvalue weighted by Crippen LogP contribution is -2.23. The SMILES string of the molecule is CC(OC(=O)C1CCCCC1)Sc1c(Cl)ccc2c1CCNCC2. The summed E-state index contributed by atoms with van der Waals surface area (Å²) in [6, 6.07) is 4.11. The molecule has 1 unspecified atom stereocenters. The van der Waals surface area contributed by atoms with E-state index in [4.69, 9.17) is 16.3 Å². The highest BCUT2D eigenvalue weighted by Crippen LogP contribution is 2.37. The van der Waals surface area contributed by atoms with Crippen molar-refractivity contribution < 1.29 is 9.53 Å². The second kappa shape index (κ2) is 8.59. The number of thioether (sulfide) groups is 1. The van der Waals surface area contributed by atoms with E-state index >= 15 is 0 Å². The molecule has 1 aromatic rings. The predicted molar refractivity (Wildman–Crippen MR) is 99.7 cm³/mol. The van der Waals surface area contributed by atoms with Crippen LogP contribution in [0.1, 0.15) is 50.2 Å². The zero-order chi connectivity index (χ0) is 16.9. The van der Waals surface area contributed by atoms with Gasteiger partial charge in [0.1, 0.15) is 5.44 Å². The van der Waals surface area contributed by atoms with Crippen molar-refractivity contribution in [1.29, 1.82) is 0 Å². The Morgan fingerprint density at radius 2 is 2.00 bits per heavy atom. The van der Waals surface area contributed by atoms with E-state index in [9.17, 15) is 4.79 Å². The monoisotopic (exact) mass is 367 g/mol. The second-order valence-corrected chi connectivity index (χ2v) is 8.44. The normalized spacial score (nSPS) is 20.1. The van der Waals surface area contributed by atoms with Crippen molar-refractivity contribution in [2.24, 2.45) is 5.92 Å². The van der Waals surface area contributed by atoms with Crippen LogP contribution in [0.5, 0.6) is 0 Å². The fourth-order valence-electron chi connectivity index (χ4n) is 3.63. The number of esters is 1. The molecule has 3 nitrogen and oxygen atoms in total. The van der Waals surface area contributed by atoms with Crippen molar-refractivity contribution in [2.45, 2.75) is 62.2 Å². The molecule has 2 aliphatic rings. The van der Waals surface area contributed by atoms with Crippen LogP contribution in [0.4, 0.5) is 0 Å². The molecule has 1 fully saturated rings. The maximum atomic E-state index is 12.3. The summed E-state index contributed by atoms with van der Waals surface area (Å²) >= 11 is 8.05. The van der Waals surface area contributed by atoms with Gasteiger partial charge in [0.15, 0.2) is 0 Å². The highest BCUT2D eigenvalue weighted by atomic mass is 35.5. The van der Waals surface area contributed by atoms with Gasteiger partial charge in [-0.2, -0.15) is 0 Å². The van der Waals surface area contributed by atoms with Gasteiger partial charge in [-0.3, -0.25) is 4.79 Å². The molecule has 1 atom stereocenters. The Kier molecular flexibility index (Phi) is 6.48. The van der Waals surface area contributed by atoms with E-state index in [0.717, 1.165) is 61.5 Å². The van der Waals surface area contributed by atoms with E-state index < -0.39 is 0 Å². The molecule has 1 aliphatic carbocycles. The number of nitrogens with one attached hydrogen (secondary N) is 1. The summed E-state index contributed by atoms with van der Waals surface area (Å²) in [5.41, 5.74) is 2.47. The summed E-state index contributed by atoms with van der Waals surface area (Å²) in [5.74, 6) is 0.0591. The molecule has 0 amide bonds. The molecule has 5 heteroatoms. The van der Waals surface area contributed by atoms with Gasteiger partial charge < -0.3 is 10.1 Å². The minimum absolute atomic E-state index is 0.0329. The van der Waals surface area contributed by atoms with Gasteiger partial charge in [-0.25, -0.2) is 0 Å². The zero-order valence-electron chi connectivity index (χ0n) is 14.3. The number of benzene rings is 1. The first-order chi connectivity index (χ1) is 11.6. The fraction of sp³-hybridized carbons (Fsp3) is 0.632. The van der Waals surface area contributed by atoms with Crippen molar-refractivity contribution in [3.63, 3.8) is 0 Å². The lowest BCUT2D eigenvalue weighted by atomic mass is 9.89. The summed E-state index contributed by atoms with van der Waals surface area (Å²) in [7, 11) is 0. The molecule has 1 saturated carbocycles. The van der Waals surface area contributed by atoms with Crippen LogP contribution in [0.25, 0.3) is 0 Å². The van der Waals surface area contributed by atoms with Crippen LogP contribution in [0.2, 0.25) is 5.02 Å². The molecule has 132 valence electrons. The van der Waals surface area contributed by atoms with Crippen molar-refractivity contribution >= 4 is 29.3 Å². The Hall–Kier alpha value is -0.710. The number of hydrogen-bond donors (Lipinski definition) is 1. The first-order valence-corrected chi connectivity index (χ1v) is 10.3. The van der Waals surface area contributed by atoms with Crippen molar-refractivity contribution in [3.05, 3.63) is 28.3 Å². The van der Waals surface area contributed by atoms with Crippen LogP contribution >= 0.6 is 23.4 Å². The summed E-state index contributed by atoms with van der Waals surface area (Å²) in [4.78, 5) is 13.4. The molecule has 0 saturated heterocycles. The Bertz CT molecular complexity index is 587. The van der Waals surface area contributed by atoms with Crippen molar-refractivity contribution in [1.82, 2.24) is 5.32 Å². The Morgan fingerprint density at radius 3 is 2.79 bits per heavy atom. The average Bonchev–Trinajstić information content (AvgIpc) is 2.84. The molecule has 0 aromatic heterocycles. The van der Waals surface area contributed by atoms with E-state index in [-0.39, 0.29) is 17.3 Å². The van der Waals surface area contributed by atoms with Gasteiger partial charge >= 0.3 is 5.97 Å². The summed E-state index contributed by atoms with van der Waals surface area (Å²) in [5, 5.41) is 4.20.